The van der Waals surface area contributed by atoms with Crippen molar-refractivity contribution in [3.63, 3.8) is 0 Å². The fraction of sp³-hybridized carbons (Fsp3) is 0.304. The van der Waals surface area contributed by atoms with Crippen molar-refractivity contribution in [3.8, 4) is 0 Å². The van der Waals surface area contributed by atoms with E-state index in [1.165, 1.54) is 16.8 Å². The van der Waals surface area contributed by atoms with Gasteiger partial charge in [-0.1, -0.05) is 30.3 Å². The number of pyridine rings is 1. The molecule has 3 aromatic rings. The number of rotatable bonds is 2. The molecule has 2 heterocycles. The van der Waals surface area contributed by atoms with Crippen LogP contribution in [0.1, 0.15) is 27.2 Å². The van der Waals surface area contributed by atoms with Gasteiger partial charge < -0.3 is 9.80 Å². The minimum Gasteiger partial charge on any atom is -0.368 e. The van der Waals surface area contributed by atoms with E-state index in [1.54, 1.807) is 0 Å². The van der Waals surface area contributed by atoms with E-state index in [1.807, 2.05) is 42.2 Å². The van der Waals surface area contributed by atoms with Crippen LogP contribution in [0.4, 0.5) is 5.69 Å². The van der Waals surface area contributed by atoms with Crippen LogP contribution in [0.25, 0.3) is 10.9 Å². The maximum atomic E-state index is 13.2. The summed E-state index contributed by atoms with van der Waals surface area (Å²) in [6, 6.07) is 16.2. The number of piperazine rings is 1. The number of fused-ring (bicyclic) bond motifs is 1. The molecule has 4 rings (SSSR count). The minimum atomic E-state index is 0.109. The second kappa shape index (κ2) is 7.03. The van der Waals surface area contributed by atoms with Crippen LogP contribution in [0.2, 0.25) is 0 Å². The summed E-state index contributed by atoms with van der Waals surface area (Å²) in [5.41, 5.74) is 6.45. The highest BCUT2D eigenvalue weighted by molar-refractivity contribution is 6.06. The van der Waals surface area contributed by atoms with Crippen molar-refractivity contribution in [2.75, 3.05) is 31.1 Å². The molecule has 0 aliphatic carbocycles. The highest BCUT2D eigenvalue weighted by Crippen LogP contribution is 2.25. The minimum absolute atomic E-state index is 0.109. The summed E-state index contributed by atoms with van der Waals surface area (Å²) in [6.07, 6.45) is 0. The number of aromatic nitrogens is 1. The van der Waals surface area contributed by atoms with Crippen molar-refractivity contribution >= 4 is 22.5 Å². The Morgan fingerprint density at radius 3 is 2.44 bits per heavy atom. The molecule has 1 fully saturated rings. The number of hydrogen-bond donors (Lipinski definition) is 0. The molecular formula is C23H25N3O. The normalized spacial score (nSPS) is 14.6. The monoisotopic (exact) mass is 359 g/mol. The molecule has 0 saturated carbocycles. The van der Waals surface area contributed by atoms with Crippen LogP contribution in [0.5, 0.6) is 0 Å². The molecular weight excluding hydrogens is 334 g/mol. The zero-order chi connectivity index (χ0) is 19.0. The molecule has 0 spiro atoms. The molecule has 1 aliphatic rings. The van der Waals surface area contributed by atoms with Crippen LogP contribution in [-0.4, -0.2) is 42.0 Å². The average molecular weight is 359 g/mol. The Kier molecular flexibility index (Phi) is 4.56. The molecule has 1 amide bonds. The van der Waals surface area contributed by atoms with E-state index in [0.717, 1.165) is 48.3 Å². The molecule has 0 N–H and O–H groups in total. The van der Waals surface area contributed by atoms with Gasteiger partial charge in [0.05, 0.1) is 11.1 Å². The average Bonchev–Trinajstić information content (AvgIpc) is 2.69. The smallest absolute Gasteiger partial charge is 0.254 e. The number of carbonyl (C=O) groups is 1. The third-order valence-electron chi connectivity index (χ3n) is 5.56. The van der Waals surface area contributed by atoms with E-state index in [0.29, 0.717) is 0 Å². The van der Waals surface area contributed by atoms with Crippen LogP contribution in [-0.2, 0) is 0 Å². The largest absolute Gasteiger partial charge is 0.368 e. The summed E-state index contributed by atoms with van der Waals surface area (Å²) in [5, 5.41) is 0.935. The summed E-state index contributed by atoms with van der Waals surface area (Å²) in [5.74, 6) is 0.109. The summed E-state index contributed by atoms with van der Waals surface area (Å²) in [6.45, 7) is 9.46. The molecule has 4 heteroatoms. The third kappa shape index (κ3) is 3.27. The number of anilines is 1. The first-order chi connectivity index (χ1) is 13.0. The number of para-hydroxylation sites is 1. The Hall–Kier alpha value is -2.88. The maximum Gasteiger partial charge on any atom is 0.254 e. The molecule has 1 aromatic heterocycles. The Morgan fingerprint density at radius 2 is 1.67 bits per heavy atom. The molecule has 2 aromatic carbocycles. The van der Waals surface area contributed by atoms with Crippen molar-refractivity contribution < 1.29 is 4.79 Å². The van der Waals surface area contributed by atoms with Crippen LogP contribution >= 0.6 is 0 Å². The lowest BCUT2D eigenvalue weighted by atomic mass is 10.1. The summed E-state index contributed by atoms with van der Waals surface area (Å²) in [7, 11) is 0. The second-order valence-corrected chi connectivity index (χ2v) is 7.33. The lowest BCUT2D eigenvalue weighted by molar-refractivity contribution is 0.0748. The van der Waals surface area contributed by atoms with Gasteiger partial charge in [0.1, 0.15) is 0 Å². The molecule has 0 unspecified atom stereocenters. The topological polar surface area (TPSA) is 36.4 Å². The van der Waals surface area contributed by atoms with Crippen LogP contribution in [0.3, 0.4) is 0 Å². The zero-order valence-corrected chi connectivity index (χ0v) is 16.2. The Labute approximate surface area is 160 Å². The molecule has 1 aliphatic heterocycles. The van der Waals surface area contributed by atoms with Gasteiger partial charge in [0, 0.05) is 42.9 Å². The van der Waals surface area contributed by atoms with E-state index in [-0.39, 0.29) is 5.91 Å². The maximum absolute atomic E-state index is 13.2. The zero-order valence-electron chi connectivity index (χ0n) is 16.2. The third-order valence-corrected chi connectivity index (χ3v) is 5.56. The molecule has 0 atom stereocenters. The summed E-state index contributed by atoms with van der Waals surface area (Å²) in [4.78, 5) is 22.1. The first-order valence-corrected chi connectivity index (χ1v) is 9.51. The van der Waals surface area contributed by atoms with Gasteiger partial charge >= 0.3 is 0 Å². The van der Waals surface area contributed by atoms with Gasteiger partial charge in [-0.15, -0.1) is 0 Å². The van der Waals surface area contributed by atoms with Gasteiger partial charge in [-0.2, -0.15) is 0 Å². The Bertz CT molecular complexity index is 1000. The molecule has 138 valence electrons. The van der Waals surface area contributed by atoms with Crippen molar-refractivity contribution in [2.45, 2.75) is 20.8 Å². The van der Waals surface area contributed by atoms with Gasteiger partial charge in [0.2, 0.25) is 0 Å². The molecule has 4 nitrogen and oxygen atoms in total. The van der Waals surface area contributed by atoms with E-state index in [9.17, 15) is 4.79 Å². The summed E-state index contributed by atoms with van der Waals surface area (Å²) < 4.78 is 0. The van der Waals surface area contributed by atoms with Gasteiger partial charge in [0.25, 0.3) is 5.91 Å². The van der Waals surface area contributed by atoms with Crippen LogP contribution in [0.15, 0.2) is 48.5 Å². The van der Waals surface area contributed by atoms with Crippen molar-refractivity contribution in [2.24, 2.45) is 0 Å². The highest BCUT2D eigenvalue weighted by atomic mass is 16.2. The Balaban J connectivity index is 1.55. The van der Waals surface area contributed by atoms with Crippen LogP contribution in [0, 0.1) is 20.8 Å². The van der Waals surface area contributed by atoms with Crippen molar-refractivity contribution in [1.82, 2.24) is 9.88 Å². The lowest BCUT2D eigenvalue weighted by Crippen LogP contribution is -2.49. The first kappa shape index (κ1) is 17.5. The van der Waals surface area contributed by atoms with E-state index >= 15 is 0 Å². The fourth-order valence-electron chi connectivity index (χ4n) is 3.88. The van der Waals surface area contributed by atoms with Gasteiger partial charge in [0.15, 0.2) is 0 Å². The number of benzene rings is 2. The number of hydrogen-bond acceptors (Lipinski definition) is 3. The number of carbonyl (C=O) groups excluding carboxylic acids is 1. The van der Waals surface area contributed by atoms with E-state index in [2.05, 4.69) is 41.9 Å². The van der Waals surface area contributed by atoms with Crippen molar-refractivity contribution in [1.29, 1.82) is 0 Å². The quantitative estimate of drug-likeness (QED) is 0.690. The Morgan fingerprint density at radius 1 is 0.926 bits per heavy atom. The van der Waals surface area contributed by atoms with E-state index in [4.69, 9.17) is 0 Å². The fourth-order valence-corrected chi connectivity index (χ4v) is 3.88. The number of aryl methyl sites for hydroxylation is 2. The predicted octanol–water partition coefficient (Wildman–Crippen LogP) is 4.12. The highest BCUT2D eigenvalue weighted by Gasteiger charge is 2.24. The number of nitrogens with zero attached hydrogens (tertiary/aromatic N) is 3. The lowest BCUT2D eigenvalue weighted by Gasteiger charge is -2.37. The second-order valence-electron chi connectivity index (χ2n) is 7.33. The van der Waals surface area contributed by atoms with Crippen molar-refractivity contribution in [3.05, 3.63) is 70.9 Å². The SMILES string of the molecule is Cc1cc(C(=O)N2CCN(c3cccc(C)c3C)CC2)c2ccccc2n1. The molecule has 0 bridgehead atoms. The first-order valence-electron chi connectivity index (χ1n) is 9.51. The van der Waals surface area contributed by atoms with E-state index < -0.39 is 0 Å². The van der Waals surface area contributed by atoms with Crippen LogP contribution < -0.4 is 4.90 Å². The molecule has 0 radical (unpaired) electrons. The standard InChI is InChI=1S/C23H25N3O/c1-16-7-6-10-22(18(16)3)25-11-13-26(14-12-25)23(27)20-15-17(2)24-21-9-5-4-8-19(20)21/h4-10,15H,11-14H2,1-3H3. The molecule has 1 saturated heterocycles. The van der Waals surface area contributed by atoms with Gasteiger partial charge in [-0.05, 0) is 50.1 Å². The summed E-state index contributed by atoms with van der Waals surface area (Å²) >= 11 is 0. The molecule has 27 heavy (non-hydrogen) atoms. The predicted molar refractivity (Wildman–Crippen MR) is 111 cm³/mol. The van der Waals surface area contributed by atoms with Gasteiger partial charge in [-0.25, -0.2) is 0 Å². The van der Waals surface area contributed by atoms with Gasteiger partial charge in [-0.3, -0.25) is 9.78 Å². The number of amides is 1.